The quantitative estimate of drug-likeness (QED) is 0.366. The average molecular weight is 456 g/mol. The maximum atomic E-state index is 5.14. The largest absolute Gasteiger partial charge is 0.345 e. The molecule has 4 aromatic heterocycles. The molecule has 168 valence electrons. The van der Waals surface area contributed by atoms with Crippen LogP contribution in [0, 0.1) is 23.7 Å². The molecule has 33 heavy (non-hydrogen) atoms. The molecular weight excluding hydrogens is 426 g/mol. The Morgan fingerprint density at radius 3 is 2.70 bits per heavy atom. The molecule has 0 amide bonds. The maximum Gasteiger partial charge on any atom is 0.162 e. The lowest BCUT2D eigenvalue weighted by molar-refractivity contribution is 0.0339. The second-order valence-electron chi connectivity index (χ2n) is 10.4. The second kappa shape index (κ2) is 7.73. The first-order valence-electron chi connectivity index (χ1n) is 12.5. The summed E-state index contributed by atoms with van der Waals surface area (Å²) < 4.78 is 0. The van der Waals surface area contributed by atoms with Crippen molar-refractivity contribution in [2.75, 3.05) is 0 Å². The van der Waals surface area contributed by atoms with Gasteiger partial charge in [0.15, 0.2) is 5.82 Å². The van der Waals surface area contributed by atoms with Crippen molar-refractivity contribution in [3.05, 3.63) is 47.5 Å². The molecule has 4 aliphatic carbocycles. The molecule has 1 N–H and O–H groups in total. The van der Waals surface area contributed by atoms with E-state index in [9.17, 15) is 0 Å². The minimum Gasteiger partial charge on any atom is -0.345 e. The molecule has 2 atom stereocenters. The van der Waals surface area contributed by atoms with Gasteiger partial charge in [0.1, 0.15) is 12.0 Å². The number of fused-ring (bicyclic) bond motifs is 4. The van der Waals surface area contributed by atoms with Crippen LogP contribution in [-0.4, -0.2) is 24.9 Å². The molecular formula is C27H29N5S. The molecule has 0 aliphatic heterocycles. The molecule has 0 saturated heterocycles. The lowest BCUT2D eigenvalue weighted by atomic mass is 9.58. The summed E-state index contributed by atoms with van der Waals surface area (Å²) in [7, 11) is 0. The summed E-state index contributed by atoms with van der Waals surface area (Å²) in [6.07, 6.45) is 14.8. The second-order valence-corrected chi connectivity index (χ2v) is 11.5. The zero-order chi connectivity index (χ0) is 21.9. The van der Waals surface area contributed by atoms with Crippen LogP contribution in [0.5, 0.6) is 0 Å². The van der Waals surface area contributed by atoms with Crippen molar-refractivity contribution >= 4 is 22.4 Å². The molecule has 0 spiro atoms. The van der Waals surface area contributed by atoms with Crippen molar-refractivity contribution in [2.45, 2.75) is 57.8 Å². The number of nitrogens with zero attached hydrogens (tertiary/aromatic N) is 4. The lowest BCUT2D eigenvalue weighted by Gasteiger charge is -2.47. The van der Waals surface area contributed by atoms with E-state index in [-0.39, 0.29) is 0 Å². The first-order chi connectivity index (χ1) is 16.2. The molecule has 4 heterocycles. The van der Waals surface area contributed by atoms with Crippen LogP contribution in [-0.2, 0) is 6.42 Å². The highest BCUT2D eigenvalue weighted by molar-refractivity contribution is 7.15. The molecule has 2 unspecified atom stereocenters. The Hall–Kier alpha value is -2.60. The van der Waals surface area contributed by atoms with Crippen LogP contribution in [0.25, 0.3) is 33.0 Å². The van der Waals surface area contributed by atoms with Gasteiger partial charge in [0.2, 0.25) is 0 Å². The van der Waals surface area contributed by atoms with Gasteiger partial charge >= 0.3 is 0 Å². The van der Waals surface area contributed by atoms with Gasteiger partial charge < -0.3 is 4.98 Å². The van der Waals surface area contributed by atoms with E-state index in [1.165, 1.54) is 54.0 Å². The molecule has 0 aromatic carbocycles. The third-order valence-corrected chi connectivity index (χ3v) is 9.79. The van der Waals surface area contributed by atoms with Crippen molar-refractivity contribution < 1.29 is 0 Å². The molecule has 6 heteroatoms. The van der Waals surface area contributed by atoms with Crippen LogP contribution < -0.4 is 0 Å². The molecule has 4 fully saturated rings. The van der Waals surface area contributed by atoms with Crippen molar-refractivity contribution in [1.82, 2.24) is 24.9 Å². The van der Waals surface area contributed by atoms with Gasteiger partial charge in [0.05, 0.1) is 10.6 Å². The highest BCUT2D eigenvalue weighted by Gasteiger charge is 2.41. The van der Waals surface area contributed by atoms with E-state index in [0.717, 1.165) is 64.1 Å². The van der Waals surface area contributed by atoms with E-state index in [4.69, 9.17) is 9.97 Å². The van der Waals surface area contributed by atoms with Gasteiger partial charge in [0, 0.05) is 33.9 Å². The van der Waals surface area contributed by atoms with E-state index < -0.39 is 0 Å². The van der Waals surface area contributed by atoms with E-state index in [0.29, 0.717) is 0 Å². The van der Waals surface area contributed by atoms with Crippen LogP contribution in [0.4, 0.5) is 0 Å². The molecule has 4 aliphatic rings. The SMILES string of the molecule is CC1C2CCC(CC2)C1Cc1cc(-c2ccc(C3CC3)s2)nc(-c2c[nH]c3ncncc23)n1. The topological polar surface area (TPSA) is 67.3 Å². The number of hydrogen-bond donors (Lipinski definition) is 1. The van der Waals surface area contributed by atoms with Crippen LogP contribution >= 0.6 is 11.3 Å². The summed E-state index contributed by atoms with van der Waals surface area (Å²) >= 11 is 1.91. The Balaban J connectivity index is 1.31. The molecule has 8 rings (SSSR count). The summed E-state index contributed by atoms with van der Waals surface area (Å²) in [4.78, 5) is 24.9. The van der Waals surface area contributed by atoms with Gasteiger partial charge in [-0.05, 0) is 92.7 Å². The van der Waals surface area contributed by atoms with Crippen molar-refractivity contribution in [3.63, 3.8) is 0 Å². The number of aromatic nitrogens is 5. The van der Waals surface area contributed by atoms with Gasteiger partial charge in [-0.25, -0.2) is 19.9 Å². The van der Waals surface area contributed by atoms with Gasteiger partial charge in [-0.3, -0.25) is 0 Å². The Kier molecular flexibility index (Phi) is 4.64. The Bertz CT molecular complexity index is 1310. The van der Waals surface area contributed by atoms with Crippen LogP contribution in [0.2, 0.25) is 0 Å². The number of rotatable bonds is 5. The third kappa shape index (κ3) is 3.50. The summed E-state index contributed by atoms with van der Waals surface area (Å²) in [5, 5.41) is 0.982. The molecule has 5 nitrogen and oxygen atoms in total. The third-order valence-electron chi connectivity index (χ3n) is 8.52. The van der Waals surface area contributed by atoms with E-state index in [1.54, 1.807) is 6.33 Å². The zero-order valence-corrected chi connectivity index (χ0v) is 19.8. The number of H-pyrrole nitrogens is 1. The van der Waals surface area contributed by atoms with Gasteiger partial charge in [0.25, 0.3) is 0 Å². The van der Waals surface area contributed by atoms with E-state index in [2.05, 4.69) is 40.1 Å². The predicted molar refractivity (Wildman–Crippen MR) is 132 cm³/mol. The molecule has 0 radical (unpaired) electrons. The fraction of sp³-hybridized carbons (Fsp3) is 0.481. The number of aromatic amines is 1. The predicted octanol–water partition coefficient (Wildman–Crippen LogP) is 6.64. The smallest absolute Gasteiger partial charge is 0.162 e. The minimum atomic E-state index is 0.741. The Morgan fingerprint density at radius 2 is 1.88 bits per heavy atom. The van der Waals surface area contributed by atoms with Crippen molar-refractivity contribution in [3.8, 4) is 22.0 Å². The summed E-state index contributed by atoms with van der Waals surface area (Å²) in [5.41, 5.74) is 4.07. The van der Waals surface area contributed by atoms with Crippen molar-refractivity contribution in [1.29, 1.82) is 0 Å². The van der Waals surface area contributed by atoms with E-state index in [1.807, 2.05) is 23.7 Å². The summed E-state index contributed by atoms with van der Waals surface area (Å²) in [6, 6.07) is 6.84. The molecule has 2 bridgehead atoms. The Labute approximate surface area is 198 Å². The Morgan fingerprint density at radius 1 is 1.03 bits per heavy atom. The molecule has 4 aromatic rings. The fourth-order valence-electron chi connectivity index (χ4n) is 6.44. The normalized spacial score (nSPS) is 26.8. The number of hydrogen-bond acceptors (Lipinski definition) is 5. The highest BCUT2D eigenvalue weighted by atomic mass is 32.1. The molecule has 4 saturated carbocycles. The van der Waals surface area contributed by atoms with E-state index >= 15 is 0 Å². The standard InChI is InChI=1S/C27H29N5S/c1-15-16-2-4-17(5-3-16)20(15)10-19-11-23(25-9-8-24(33-25)18-6-7-18)32-27(31-19)22-13-29-26-21(22)12-28-14-30-26/h8-9,11-18,20H,2-7,10H2,1H3,(H,28,29,30). The first kappa shape index (κ1) is 19.8. The van der Waals surface area contributed by atoms with Crippen LogP contribution in [0.3, 0.4) is 0 Å². The average Bonchev–Trinajstić information content (AvgIpc) is 3.42. The summed E-state index contributed by atoms with van der Waals surface area (Å²) in [6.45, 7) is 2.49. The summed E-state index contributed by atoms with van der Waals surface area (Å²) in [5.74, 6) is 4.86. The highest BCUT2D eigenvalue weighted by Crippen LogP contribution is 2.50. The fourth-order valence-corrected chi connectivity index (χ4v) is 7.58. The first-order valence-corrected chi connectivity index (χ1v) is 13.3. The van der Waals surface area contributed by atoms with Crippen molar-refractivity contribution in [2.24, 2.45) is 23.7 Å². The maximum absolute atomic E-state index is 5.14. The number of thiophene rings is 1. The van der Waals surface area contributed by atoms with Gasteiger partial charge in [-0.15, -0.1) is 11.3 Å². The minimum absolute atomic E-state index is 0.741. The monoisotopic (exact) mass is 455 g/mol. The van der Waals surface area contributed by atoms with Crippen LogP contribution in [0.1, 0.15) is 61.9 Å². The van der Waals surface area contributed by atoms with Crippen LogP contribution in [0.15, 0.2) is 36.9 Å². The zero-order valence-electron chi connectivity index (χ0n) is 19.0. The number of nitrogens with one attached hydrogen (secondary N) is 1. The van der Waals surface area contributed by atoms with Gasteiger partial charge in [-0.1, -0.05) is 6.92 Å². The lowest BCUT2D eigenvalue weighted by Crippen LogP contribution is -2.39. The van der Waals surface area contributed by atoms with Gasteiger partial charge in [-0.2, -0.15) is 0 Å².